The van der Waals surface area contributed by atoms with Crippen molar-refractivity contribution in [3.8, 4) is 0 Å². The van der Waals surface area contributed by atoms with Crippen molar-refractivity contribution in [3.63, 3.8) is 0 Å². The van der Waals surface area contributed by atoms with E-state index in [4.69, 9.17) is 4.52 Å². The van der Waals surface area contributed by atoms with Crippen LogP contribution in [-0.2, 0) is 16.9 Å². The molecule has 2 aromatic rings. The molecule has 0 aliphatic carbocycles. The van der Waals surface area contributed by atoms with Crippen LogP contribution in [0.2, 0.25) is 0 Å². The Morgan fingerprint density at radius 2 is 1.88 bits per heavy atom. The second-order valence-corrected chi connectivity index (χ2v) is 5.85. The number of hydrogen-bond donors (Lipinski definition) is 1. The minimum Gasteiger partial charge on any atom is -0.361 e. The number of aryl methyl sites for hydroxylation is 2. The monoisotopic (exact) mass is 335 g/mol. The van der Waals surface area contributed by atoms with Crippen molar-refractivity contribution in [2.45, 2.75) is 32.9 Å². The highest BCUT2D eigenvalue weighted by atomic mass is 19.1. The number of benzene rings is 1. The second kappa shape index (κ2) is 5.40. The first-order valence-corrected chi connectivity index (χ1v) is 7.26. The quantitative estimate of drug-likeness (QED) is 0.875. The molecule has 0 spiro atoms. The number of amides is 3. The van der Waals surface area contributed by atoms with Crippen molar-refractivity contribution in [2.24, 2.45) is 0 Å². The molecule has 1 aromatic heterocycles. The van der Waals surface area contributed by atoms with Gasteiger partial charge in [-0.25, -0.2) is 13.6 Å². The maximum Gasteiger partial charge on any atom is 0.325 e. The number of aromatic nitrogens is 1. The van der Waals surface area contributed by atoms with Gasteiger partial charge in [-0.05, 0) is 32.9 Å². The van der Waals surface area contributed by atoms with Gasteiger partial charge in [0.1, 0.15) is 22.9 Å². The summed E-state index contributed by atoms with van der Waals surface area (Å²) < 4.78 is 33.2. The lowest BCUT2D eigenvalue weighted by Gasteiger charge is -2.23. The van der Waals surface area contributed by atoms with Crippen molar-refractivity contribution >= 4 is 11.9 Å². The highest BCUT2D eigenvalue weighted by molar-refractivity contribution is 6.07. The van der Waals surface area contributed by atoms with E-state index in [-0.39, 0.29) is 6.54 Å². The minimum absolute atomic E-state index is 0.0858. The molecule has 0 bridgehead atoms. The Morgan fingerprint density at radius 3 is 2.42 bits per heavy atom. The lowest BCUT2D eigenvalue weighted by atomic mass is 9.91. The van der Waals surface area contributed by atoms with Gasteiger partial charge < -0.3 is 9.84 Å². The van der Waals surface area contributed by atoms with E-state index in [1.165, 1.54) is 13.0 Å². The lowest BCUT2D eigenvalue weighted by Crippen LogP contribution is -2.42. The molecular formula is C16H15F2N3O3. The molecule has 0 radical (unpaired) electrons. The van der Waals surface area contributed by atoms with E-state index in [9.17, 15) is 18.4 Å². The van der Waals surface area contributed by atoms with Gasteiger partial charge in [-0.15, -0.1) is 0 Å². The van der Waals surface area contributed by atoms with Crippen molar-refractivity contribution in [3.05, 3.63) is 52.4 Å². The Morgan fingerprint density at radius 1 is 1.25 bits per heavy atom. The summed E-state index contributed by atoms with van der Waals surface area (Å²) in [5, 5.41) is 6.15. The second-order valence-electron chi connectivity index (χ2n) is 5.85. The Labute approximate surface area is 136 Å². The predicted molar refractivity (Wildman–Crippen MR) is 78.8 cm³/mol. The molecule has 126 valence electrons. The van der Waals surface area contributed by atoms with E-state index in [2.05, 4.69) is 10.5 Å². The first kappa shape index (κ1) is 16.1. The zero-order chi connectivity index (χ0) is 17.6. The summed E-state index contributed by atoms with van der Waals surface area (Å²) in [5.74, 6) is -2.06. The van der Waals surface area contributed by atoms with E-state index in [1.807, 2.05) is 0 Å². The molecule has 1 aliphatic rings. The summed E-state index contributed by atoms with van der Waals surface area (Å²) in [4.78, 5) is 25.9. The van der Waals surface area contributed by atoms with E-state index in [1.54, 1.807) is 13.8 Å². The van der Waals surface area contributed by atoms with E-state index in [0.29, 0.717) is 17.0 Å². The Hall–Kier alpha value is -2.77. The predicted octanol–water partition coefficient (Wildman–Crippen LogP) is 2.54. The van der Waals surface area contributed by atoms with Crippen LogP contribution in [0.15, 0.2) is 22.7 Å². The summed E-state index contributed by atoms with van der Waals surface area (Å²) in [7, 11) is 0. The van der Waals surface area contributed by atoms with Crippen LogP contribution < -0.4 is 5.32 Å². The maximum absolute atomic E-state index is 14.1. The molecule has 6 nitrogen and oxygen atoms in total. The molecule has 1 saturated heterocycles. The Balaban J connectivity index is 2.00. The first-order chi connectivity index (χ1) is 11.3. The number of nitrogens with one attached hydrogen (secondary N) is 1. The molecule has 1 aromatic carbocycles. The van der Waals surface area contributed by atoms with Crippen LogP contribution in [0, 0.1) is 25.5 Å². The number of hydrogen-bond acceptors (Lipinski definition) is 4. The van der Waals surface area contributed by atoms with Crippen LogP contribution in [0.25, 0.3) is 0 Å². The average Bonchev–Trinajstić information content (AvgIpc) is 2.92. The molecule has 1 N–H and O–H groups in total. The van der Waals surface area contributed by atoms with Gasteiger partial charge in [0.25, 0.3) is 5.91 Å². The number of imide groups is 1. The van der Waals surface area contributed by atoms with Crippen molar-refractivity contribution in [1.29, 1.82) is 0 Å². The third kappa shape index (κ3) is 2.26. The summed E-state index contributed by atoms with van der Waals surface area (Å²) in [6, 6.07) is 2.55. The zero-order valence-corrected chi connectivity index (χ0v) is 13.3. The van der Waals surface area contributed by atoms with Gasteiger partial charge >= 0.3 is 6.03 Å². The topological polar surface area (TPSA) is 75.4 Å². The Kier molecular flexibility index (Phi) is 3.62. The number of nitrogens with zero attached hydrogens (tertiary/aromatic N) is 2. The first-order valence-electron chi connectivity index (χ1n) is 7.26. The van der Waals surface area contributed by atoms with Gasteiger partial charge in [0, 0.05) is 5.56 Å². The SMILES string of the molecule is Cc1noc(C)c1CN1C(=O)N[C@@](C)(c2c(F)cccc2F)C1=O. The molecule has 3 amide bonds. The maximum atomic E-state index is 14.1. The van der Waals surface area contributed by atoms with Crippen LogP contribution in [0.4, 0.5) is 13.6 Å². The van der Waals surface area contributed by atoms with Gasteiger partial charge in [0.15, 0.2) is 0 Å². The number of halogens is 2. The van der Waals surface area contributed by atoms with Gasteiger partial charge in [0.2, 0.25) is 0 Å². The third-order valence-electron chi connectivity index (χ3n) is 4.24. The van der Waals surface area contributed by atoms with Gasteiger partial charge in [-0.1, -0.05) is 11.2 Å². The molecule has 1 atom stereocenters. The number of urea groups is 1. The van der Waals surface area contributed by atoms with Crippen LogP contribution >= 0.6 is 0 Å². The minimum atomic E-state index is -1.81. The van der Waals surface area contributed by atoms with Gasteiger partial charge in [-0.3, -0.25) is 9.69 Å². The number of rotatable bonds is 3. The molecular weight excluding hydrogens is 320 g/mol. The number of carbonyl (C=O) groups is 2. The highest BCUT2D eigenvalue weighted by Gasteiger charge is 2.51. The fraction of sp³-hybridized carbons (Fsp3) is 0.312. The summed E-state index contributed by atoms with van der Waals surface area (Å²) in [6.07, 6.45) is 0. The van der Waals surface area contributed by atoms with E-state index < -0.39 is 34.7 Å². The molecule has 2 heterocycles. The number of carbonyl (C=O) groups excluding carboxylic acids is 2. The standard InChI is InChI=1S/C16H15F2N3O3/c1-8-10(9(2)24-20-8)7-21-14(22)16(3,19-15(21)23)13-11(17)5-4-6-12(13)18/h4-6H,7H2,1-3H3,(H,19,23)/t16-/m0/s1. The van der Waals surface area contributed by atoms with Gasteiger partial charge in [-0.2, -0.15) is 0 Å². The summed E-state index contributed by atoms with van der Waals surface area (Å²) in [6.45, 7) is 4.53. The Bertz CT molecular complexity index is 809. The van der Waals surface area contributed by atoms with Gasteiger partial charge in [0.05, 0.1) is 17.8 Å². The molecule has 0 saturated carbocycles. The average molecular weight is 335 g/mol. The molecule has 1 aliphatic heterocycles. The van der Waals surface area contributed by atoms with Crippen LogP contribution in [0.1, 0.15) is 29.5 Å². The van der Waals surface area contributed by atoms with Crippen molar-refractivity contribution in [1.82, 2.24) is 15.4 Å². The van der Waals surface area contributed by atoms with Crippen molar-refractivity contribution < 1.29 is 22.9 Å². The van der Waals surface area contributed by atoms with E-state index in [0.717, 1.165) is 17.0 Å². The third-order valence-corrected chi connectivity index (χ3v) is 4.24. The molecule has 8 heteroatoms. The normalized spacial score (nSPS) is 20.6. The fourth-order valence-electron chi connectivity index (χ4n) is 2.87. The zero-order valence-electron chi connectivity index (χ0n) is 13.3. The molecule has 1 fully saturated rings. The largest absolute Gasteiger partial charge is 0.361 e. The summed E-state index contributed by atoms with van der Waals surface area (Å²) in [5.41, 5.74) is -1.17. The fourth-order valence-corrected chi connectivity index (χ4v) is 2.87. The highest BCUT2D eigenvalue weighted by Crippen LogP contribution is 2.33. The summed E-state index contributed by atoms with van der Waals surface area (Å²) >= 11 is 0. The molecule has 0 unspecified atom stereocenters. The molecule has 24 heavy (non-hydrogen) atoms. The van der Waals surface area contributed by atoms with E-state index >= 15 is 0 Å². The van der Waals surface area contributed by atoms with Crippen LogP contribution in [-0.4, -0.2) is 22.0 Å². The van der Waals surface area contributed by atoms with Crippen molar-refractivity contribution in [2.75, 3.05) is 0 Å². The lowest BCUT2D eigenvalue weighted by molar-refractivity contribution is -0.131. The smallest absolute Gasteiger partial charge is 0.325 e. The molecule has 3 rings (SSSR count). The van der Waals surface area contributed by atoms with Crippen LogP contribution in [0.3, 0.4) is 0 Å². The van der Waals surface area contributed by atoms with Crippen LogP contribution in [0.5, 0.6) is 0 Å².